The Balaban J connectivity index is 2.17. The third-order valence-electron chi connectivity index (χ3n) is 3.48. The fourth-order valence-corrected chi connectivity index (χ4v) is 4.38. The van der Waals surface area contributed by atoms with Crippen molar-refractivity contribution in [3.63, 3.8) is 0 Å². The summed E-state index contributed by atoms with van der Waals surface area (Å²) >= 11 is 7.31. The fraction of sp³-hybridized carbons (Fsp3) is 0.412. The van der Waals surface area contributed by atoms with Gasteiger partial charge in [0.15, 0.2) is 11.0 Å². The maximum Gasteiger partial charge on any atom is 0.241 e. The number of hydrogen-bond donors (Lipinski definition) is 1. The largest absolute Gasteiger partial charge is 0.305 e. The Kier molecular flexibility index (Phi) is 7.53. The van der Waals surface area contributed by atoms with Gasteiger partial charge in [-0.15, -0.1) is 16.1 Å². The molecule has 1 aromatic heterocycles. The molecule has 140 valence electrons. The summed E-state index contributed by atoms with van der Waals surface area (Å²) < 4.78 is 29.6. The first-order valence-corrected chi connectivity index (χ1v) is 11.0. The van der Waals surface area contributed by atoms with Crippen molar-refractivity contribution in [2.75, 3.05) is 5.75 Å². The second-order valence-electron chi connectivity index (χ2n) is 5.38. The summed E-state index contributed by atoms with van der Waals surface area (Å²) in [7, 11) is -3.68. The van der Waals surface area contributed by atoms with Gasteiger partial charge in [-0.05, 0) is 38.1 Å². The Morgan fingerprint density at radius 1 is 1.23 bits per heavy atom. The monoisotopic (exact) mass is 412 g/mol. The summed E-state index contributed by atoms with van der Waals surface area (Å²) in [6.45, 7) is 6.35. The number of nitrogens with one attached hydrogen (secondary N) is 1. The van der Waals surface area contributed by atoms with E-state index in [2.05, 4.69) is 26.8 Å². The summed E-state index contributed by atoms with van der Waals surface area (Å²) in [4.78, 5) is 0.153. The van der Waals surface area contributed by atoms with E-state index in [1.807, 2.05) is 18.4 Å². The van der Waals surface area contributed by atoms with Crippen molar-refractivity contribution in [1.29, 1.82) is 0 Å². The molecule has 2 rings (SSSR count). The first-order valence-electron chi connectivity index (χ1n) is 8.18. The Morgan fingerprint density at radius 3 is 2.54 bits per heavy atom. The molecule has 2 aromatic rings. The van der Waals surface area contributed by atoms with Gasteiger partial charge in [-0.3, -0.25) is 0 Å². The zero-order chi connectivity index (χ0) is 19.2. The molecule has 1 atom stereocenters. The van der Waals surface area contributed by atoms with Gasteiger partial charge in [0, 0.05) is 18.0 Å². The first kappa shape index (κ1) is 20.8. The van der Waals surface area contributed by atoms with Crippen LogP contribution >= 0.6 is 23.4 Å². The number of aromatic nitrogens is 3. The molecule has 0 fully saturated rings. The molecule has 0 amide bonds. The summed E-state index contributed by atoms with van der Waals surface area (Å²) in [5.74, 6) is 7.24. The number of thioether (sulfide) groups is 1. The minimum absolute atomic E-state index is 0.153. The summed E-state index contributed by atoms with van der Waals surface area (Å²) in [6, 6.07) is 5.49. The van der Waals surface area contributed by atoms with Gasteiger partial charge in [0.05, 0.1) is 16.7 Å². The van der Waals surface area contributed by atoms with Gasteiger partial charge in [0.1, 0.15) is 0 Å². The molecule has 0 spiro atoms. The van der Waals surface area contributed by atoms with Crippen LogP contribution < -0.4 is 4.72 Å². The lowest BCUT2D eigenvalue weighted by atomic mass is 10.3. The van der Waals surface area contributed by atoms with E-state index in [4.69, 9.17) is 11.6 Å². The number of nitrogens with zero attached hydrogens (tertiary/aromatic N) is 3. The highest BCUT2D eigenvalue weighted by Crippen LogP contribution is 2.22. The zero-order valence-corrected chi connectivity index (χ0v) is 17.2. The molecule has 6 nitrogen and oxygen atoms in total. The quantitative estimate of drug-likeness (QED) is 0.556. The minimum atomic E-state index is -3.68. The van der Waals surface area contributed by atoms with E-state index in [0.717, 1.165) is 11.6 Å². The topological polar surface area (TPSA) is 76.9 Å². The number of hydrogen-bond acceptors (Lipinski definition) is 5. The predicted octanol–water partition coefficient (Wildman–Crippen LogP) is 3.50. The maximum absolute atomic E-state index is 12.5. The van der Waals surface area contributed by atoms with E-state index in [-0.39, 0.29) is 4.90 Å². The molecule has 0 bridgehead atoms. The van der Waals surface area contributed by atoms with Crippen LogP contribution in [0, 0.1) is 11.8 Å². The molecule has 0 aliphatic rings. The second kappa shape index (κ2) is 9.42. The van der Waals surface area contributed by atoms with Gasteiger partial charge in [-0.2, -0.15) is 0 Å². The Hall–Kier alpha value is -1.53. The van der Waals surface area contributed by atoms with Gasteiger partial charge in [0.25, 0.3) is 0 Å². The van der Waals surface area contributed by atoms with Crippen molar-refractivity contribution < 1.29 is 8.42 Å². The van der Waals surface area contributed by atoms with Crippen LogP contribution in [-0.4, -0.2) is 28.9 Å². The lowest BCUT2D eigenvalue weighted by molar-refractivity contribution is 0.539. The van der Waals surface area contributed by atoms with Crippen molar-refractivity contribution in [3.8, 4) is 11.8 Å². The SMILES string of the molecule is CCC#CCSc1nnc([C@@H](C)NS(=O)(=O)c2ccc(Cl)cc2)n1CC. The molecule has 0 unspecified atom stereocenters. The Morgan fingerprint density at radius 2 is 1.92 bits per heavy atom. The first-order chi connectivity index (χ1) is 12.4. The molecule has 1 heterocycles. The summed E-state index contributed by atoms with van der Waals surface area (Å²) in [5.41, 5.74) is 0. The molecular formula is C17H21ClN4O2S2. The van der Waals surface area contributed by atoms with Gasteiger partial charge in [0.2, 0.25) is 10.0 Å². The average Bonchev–Trinajstić information content (AvgIpc) is 3.01. The van der Waals surface area contributed by atoms with Crippen molar-refractivity contribution in [1.82, 2.24) is 19.5 Å². The van der Waals surface area contributed by atoms with Crippen molar-refractivity contribution in [2.45, 2.75) is 49.8 Å². The lowest BCUT2D eigenvalue weighted by Crippen LogP contribution is -2.29. The molecule has 0 aliphatic heterocycles. The normalized spacial score (nSPS) is 12.5. The number of sulfonamides is 1. The van der Waals surface area contributed by atoms with Crippen LogP contribution in [0.4, 0.5) is 0 Å². The van der Waals surface area contributed by atoms with Crippen LogP contribution in [-0.2, 0) is 16.6 Å². The molecule has 0 saturated carbocycles. The second-order valence-corrected chi connectivity index (χ2v) is 8.47. The van der Waals surface area contributed by atoms with Gasteiger partial charge >= 0.3 is 0 Å². The van der Waals surface area contributed by atoms with E-state index in [0.29, 0.717) is 23.1 Å². The molecule has 1 aromatic carbocycles. The number of rotatable bonds is 7. The fourth-order valence-electron chi connectivity index (χ4n) is 2.27. The Bertz CT molecular complexity index is 899. The van der Waals surface area contributed by atoms with E-state index < -0.39 is 16.1 Å². The predicted molar refractivity (Wildman–Crippen MR) is 105 cm³/mol. The molecule has 26 heavy (non-hydrogen) atoms. The molecular weight excluding hydrogens is 392 g/mol. The van der Waals surface area contributed by atoms with Crippen LogP contribution in [0.25, 0.3) is 0 Å². The van der Waals surface area contributed by atoms with E-state index in [9.17, 15) is 8.42 Å². The summed E-state index contributed by atoms with van der Waals surface area (Å²) in [6.07, 6.45) is 0.815. The highest BCUT2D eigenvalue weighted by Gasteiger charge is 2.23. The lowest BCUT2D eigenvalue weighted by Gasteiger charge is -2.15. The van der Waals surface area contributed by atoms with Crippen LogP contribution in [0.3, 0.4) is 0 Å². The van der Waals surface area contributed by atoms with E-state index >= 15 is 0 Å². The third kappa shape index (κ3) is 5.24. The highest BCUT2D eigenvalue weighted by atomic mass is 35.5. The van der Waals surface area contributed by atoms with Crippen LogP contribution in [0.15, 0.2) is 34.3 Å². The van der Waals surface area contributed by atoms with E-state index in [1.54, 1.807) is 19.1 Å². The van der Waals surface area contributed by atoms with Gasteiger partial charge < -0.3 is 4.57 Å². The molecule has 0 saturated heterocycles. The third-order valence-corrected chi connectivity index (χ3v) is 6.14. The van der Waals surface area contributed by atoms with Crippen LogP contribution in [0.2, 0.25) is 5.02 Å². The molecule has 1 N–H and O–H groups in total. The van der Waals surface area contributed by atoms with Gasteiger partial charge in [-0.1, -0.05) is 36.2 Å². The highest BCUT2D eigenvalue weighted by molar-refractivity contribution is 7.99. The number of benzene rings is 1. The Labute approximate surface area is 163 Å². The van der Waals surface area contributed by atoms with Crippen LogP contribution in [0.5, 0.6) is 0 Å². The maximum atomic E-state index is 12.5. The van der Waals surface area contributed by atoms with Crippen molar-refractivity contribution >= 4 is 33.4 Å². The number of halogens is 1. The minimum Gasteiger partial charge on any atom is -0.305 e. The molecule has 0 aliphatic carbocycles. The van der Waals surface area contributed by atoms with Crippen molar-refractivity contribution in [2.24, 2.45) is 0 Å². The molecule has 0 radical (unpaired) electrons. The zero-order valence-electron chi connectivity index (χ0n) is 14.9. The van der Waals surface area contributed by atoms with E-state index in [1.165, 1.54) is 23.9 Å². The van der Waals surface area contributed by atoms with Crippen molar-refractivity contribution in [3.05, 3.63) is 35.1 Å². The standard InChI is InChI=1S/C17H21ClN4O2S2/c1-4-6-7-12-25-17-20-19-16(22(17)5-2)13(3)21-26(23,24)15-10-8-14(18)9-11-15/h8-11,13,21H,4-5,12H2,1-3H3/t13-/m1/s1. The smallest absolute Gasteiger partial charge is 0.241 e. The van der Waals surface area contributed by atoms with Crippen LogP contribution in [0.1, 0.15) is 39.1 Å². The average molecular weight is 413 g/mol. The summed E-state index contributed by atoms with van der Waals surface area (Å²) in [5, 5.41) is 9.56. The van der Waals surface area contributed by atoms with Gasteiger partial charge in [-0.25, -0.2) is 13.1 Å². The molecule has 9 heteroatoms.